The average Bonchev–Trinajstić information content (AvgIpc) is 2.37. The maximum Gasteiger partial charge on any atom is 0.224 e. The van der Waals surface area contributed by atoms with Crippen LogP contribution in [0.5, 0.6) is 0 Å². The third-order valence-corrected chi connectivity index (χ3v) is 3.42. The molecule has 2 aliphatic rings. The number of hydrogen-bond acceptors (Lipinski definition) is 1. The lowest BCUT2D eigenvalue weighted by atomic mass is 9.87. The largest absolute Gasteiger partial charge is 0.350 e. The lowest BCUT2D eigenvalue weighted by molar-refractivity contribution is -0.121. The molecule has 1 N–H and O–H groups in total. The number of nitrogens with one attached hydrogen (secondary N) is 1. The van der Waals surface area contributed by atoms with Gasteiger partial charge in [0.25, 0.3) is 0 Å². The van der Waals surface area contributed by atoms with Gasteiger partial charge in [-0.1, -0.05) is 6.92 Å². The van der Waals surface area contributed by atoms with Crippen molar-refractivity contribution >= 4 is 5.91 Å². The van der Waals surface area contributed by atoms with Gasteiger partial charge < -0.3 is 5.32 Å². The van der Waals surface area contributed by atoms with Gasteiger partial charge in [-0.05, 0) is 20.3 Å². The number of fused-ring (bicyclic) bond motifs is 1. The number of piperidine rings is 1. The predicted octanol–water partition coefficient (Wildman–Crippen LogP) is 0.921. The second-order valence-corrected chi connectivity index (χ2v) is 4.29. The van der Waals surface area contributed by atoms with E-state index in [1.54, 1.807) is 0 Å². The van der Waals surface area contributed by atoms with Crippen molar-refractivity contribution < 1.29 is 4.79 Å². The summed E-state index contributed by atoms with van der Waals surface area (Å²) in [7, 11) is 0. The third kappa shape index (κ3) is 0.446. The van der Waals surface area contributed by atoms with E-state index in [1.807, 2.05) is 0 Å². The molecular formula is C8H13NO. The molecule has 2 fully saturated rings. The Balaban J connectivity index is 2.37. The summed E-state index contributed by atoms with van der Waals surface area (Å²) in [5.41, 5.74) is 0.304. The van der Waals surface area contributed by atoms with Crippen molar-refractivity contribution in [2.24, 2.45) is 11.3 Å². The van der Waals surface area contributed by atoms with Gasteiger partial charge in [-0.25, -0.2) is 0 Å². The van der Waals surface area contributed by atoms with E-state index in [0.29, 0.717) is 5.92 Å². The van der Waals surface area contributed by atoms with Crippen molar-refractivity contribution in [1.82, 2.24) is 5.32 Å². The SMILES string of the molecule is CC1(C)NC(=O)[C@@H]2C[C@@]21C. The molecular weight excluding hydrogens is 126 g/mol. The highest BCUT2D eigenvalue weighted by Crippen LogP contribution is 2.62. The second-order valence-electron chi connectivity index (χ2n) is 4.29. The van der Waals surface area contributed by atoms with E-state index in [9.17, 15) is 4.79 Å². The highest BCUT2D eigenvalue weighted by molar-refractivity contribution is 5.87. The van der Waals surface area contributed by atoms with E-state index in [4.69, 9.17) is 0 Å². The molecule has 1 amide bonds. The molecule has 0 aromatic rings. The second kappa shape index (κ2) is 1.25. The molecule has 2 nitrogen and oxygen atoms in total. The van der Waals surface area contributed by atoms with Gasteiger partial charge >= 0.3 is 0 Å². The molecule has 1 saturated carbocycles. The van der Waals surface area contributed by atoms with Crippen LogP contribution in [0.3, 0.4) is 0 Å². The van der Waals surface area contributed by atoms with Gasteiger partial charge in [0.15, 0.2) is 0 Å². The quantitative estimate of drug-likeness (QED) is 0.531. The molecule has 1 aliphatic heterocycles. The van der Waals surface area contributed by atoms with Crippen LogP contribution in [-0.4, -0.2) is 11.4 Å². The van der Waals surface area contributed by atoms with Crippen molar-refractivity contribution in [2.75, 3.05) is 0 Å². The summed E-state index contributed by atoms with van der Waals surface area (Å²) in [6.45, 7) is 6.41. The summed E-state index contributed by atoms with van der Waals surface area (Å²) < 4.78 is 0. The van der Waals surface area contributed by atoms with Crippen molar-refractivity contribution in [3.05, 3.63) is 0 Å². The summed E-state index contributed by atoms with van der Waals surface area (Å²) in [4.78, 5) is 11.1. The van der Waals surface area contributed by atoms with Gasteiger partial charge in [-0.2, -0.15) is 0 Å². The Labute approximate surface area is 61.0 Å². The van der Waals surface area contributed by atoms with Crippen LogP contribution in [0.1, 0.15) is 27.2 Å². The zero-order valence-corrected chi connectivity index (χ0v) is 6.69. The summed E-state index contributed by atoms with van der Waals surface area (Å²) in [6.07, 6.45) is 1.09. The normalized spacial score (nSPS) is 48.3. The van der Waals surface area contributed by atoms with Crippen LogP contribution >= 0.6 is 0 Å². The summed E-state index contributed by atoms with van der Waals surface area (Å²) in [5.74, 6) is 0.579. The summed E-state index contributed by atoms with van der Waals surface area (Å²) in [5, 5.41) is 2.99. The van der Waals surface area contributed by atoms with E-state index in [2.05, 4.69) is 26.1 Å². The lowest BCUT2D eigenvalue weighted by Crippen LogP contribution is -2.43. The molecule has 2 heteroatoms. The Kier molecular flexibility index (Phi) is 0.773. The van der Waals surface area contributed by atoms with Crippen molar-refractivity contribution in [3.8, 4) is 0 Å². The number of carbonyl (C=O) groups excluding carboxylic acids is 1. The van der Waals surface area contributed by atoms with Crippen LogP contribution in [0.4, 0.5) is 0 Å². The average molecular weight is 139 g/mol. The van der Waals surface area contributed by atoms with Crippen molar-refractivity contribution in [2.45, 2.75) is 32.7 Å². The maximum absolute atomic E-state index is 11.1. The summed E-state index contributed by atoms with van der Waals surface area (Å²) in [6, 6.07) is 0. The van der Waals surface area contributed by atoms with Crippen LogP contribution in [0.25, 0.3) is 0 Å². The van der Waals surface area contributed by atoms with E-state index in [0.717, 1.165) is 6.42 Å². The highest BCUT2D eigenvalue weighted by Gasteiger charge is 2.68. The lowest BCUT2D eigenvalue weighted by Gasteiger charge is -2.27. The number of carbonyl (C=O) groups is 1. The van der Waals surface area contributed by atoms with Crippen LogP contribution in [0, 0.1) is 11.3 Å². The van der Waals surface area contributed by atoms with E-state index < -0.39 is 0 Å². The van der Waals surface area contributed by atoms with Crippen LogP contribution in [0.15, 0.2) is 0 Å². The van der Waals surface area contributed by atoms with Gasteiger partial charge in [0.05, 0.1) is 0 Å². The maximum atomic E-state index is 11.1. The smallest absolute Gasteiger partial charge is 0.224 e. The van der Waals surface area contributed by atoms with Crippen LogP contribution in [-0.2, 0) is 4.79 Å². The van der Waals surface area contributed by atoms with Gasteiger partial charge in [0.2, 0.25) is 5.91 Å². The molecule has 0 aromatic carbocycles. The molecule has 0 aromatic heterocycles. The number of rotatable bonds is 0. The fourth-order valence-electron chi connectivity index (χ4n) is 1.98. The third-order valence-electron chi connectivity index (χ3n) is 3.42. The molecule has 0 unspecified atom stereocenters. The zero-order chi connectivity index (χ0) is 7.57. The van der Waals surface area contributed by atoms with E-state index >= 15 is 0 Å². The first-order chi connectivity index (χ1) is 4.47. The number of amides is 1. The highest BCUT2D eigenvalue weighted by atomic mass is 16.2. The van der Waals surface area contributed by atoms with Gasteiger partial charge in [-0.3, -0.25) is 4.79 Å². The molecule has 2 atom stereocenters. The van der Waals surface area contributed by atoms with Crippen LogP contribution < -0.4 is 5.32 Å². The Morgan fingerprint density at radius 1 is 1.50 bits per heavy atom. The van der Waals surface area contributed by atoms with E-state index in [1.165, 1.54) is 0 Å². The topological polar surface area (TPSA) is 29.1 Å². The minimum absolute atomic E-state index is 0.0365. The molecule has 0 radical (unpaired) electrons. The number of hydrogen-bond donors (Lipinski definition) is 1. The summed E-state index contributed by atoms with van der Waals surface area (Å²) >= 11 is 0. The first kappa shape index (κ1) is 6.20. The standard InChI is InChI=1S/C8H13NO/c1-7(2)8(3)4-5(8)6(10)9-7/h5H,4H2,1-3H3,(H,9,10)/t5-,8-/m0/s1. The Bertz CT molecular complexity index is 207. The van der Waals surface area contributed by atoms with Gasteiger partial charge in [0.1, 0.15) is 0 Å². The minimum Gasteiger partial charge on any atom is -0.350 e. The first-order valence-corrected chi connectivity index (χ1v) is 3.79. The Morgan fingerprint density at radius 2 is 2.10 bits per heavy atom. The van der Waals surface area contributed by atoms with Gasteiger partial charge in [-0.15, -0.1) is 0 Å². The van der Waals surface area contributed by atoms with E-state index in [-0.39, 0.29) is 16.9 Å². The minimum atomic E-state index is 0.0365. The molecule has 1 aliphatic carbocycles. The van der Waals surface area contributed by atoms with Crippen molar-refractivity contribution in [1.29, 1.82) is 0 Å². The van der Waals surface area contributed by atoms with Crippen LogP contribution in [0.2, 0.25) is 0 Å². The molecule has 1 heterocycles. The molecule has 0 spiro atoms. The predicted molar refractivity (Wildman–Crippen MR) is 38.4 cm³/mol. The monoisotopic (exact) mass is 139 g/mol. The fraction of sp³-hybridized carbons (Fsp3) is 0.875. The molecule has 10 heavy (non-hydrogen) atoms. The van der Waals surface area contributed by atoms with Crippen molar-refractivity contribution in [3.63, 3.8) is 0 Å². The molecule has 56 valence electrons. The first-order valence-electron chi connectivity index (χ1n) is 3.79. The van der Waals surface area contributed by atoms with Gasteiger partial charge in [0, 0.05) is 16.9 Å². The Hall–Kier alpha value is -0.530. The Morgan fingerprint density at radius 3 is 2.20 bits per heavy atom. The fourth-order valence-corrected chi connectivity index (χ4v) is 1.98. The molecule has 1 saturated heterocycles. The molecule has 2 rings (SSSR count). The molecule has 0 bridgehead atoms. The zero-order valence-electron chi connectivity index (χ0n) is 6.69.